The van der Waals surface area contributed by atoms with E-state index in [9.17, 15) is 0 Å². The van der Waals surface area contributed by atoms with Crippen molar-refractivity contribution in [3.05, 3.63) is 64.7 Å². The summed E-state index contributed by atoms with van der Waals surface area (Å²) in [5, 5.41) is 0.649. The van der Waals surface area contributed by atoms with Crippen LogP contribution in [-0.4, -0.2) is 0 Å². The fourth-order valence-electron chi connectivity index (χ4n) is 1.65. The van der Waals surface area contributed by atoms with Gasteiger partial charge in [0.05, 0.1) is 6.04 Å². The van der Waals surface area contributed by atoms with Crippen molar-refractivity contribution in [2.45, 2.75) is 6.04 Å². The first kappa shape index (κ1) is 11.0. The summed E-state index contributed by atoms with van der Waals surface area (Å²) >= 11 is 5.94. The monoisotopic (exact) mass is 232 g/mol. The minimum atomic E-state index is -0.236. The van der Waals surface area contributed by atoms with Gasteiger partial charge in [-0.05, 0) is 29.3 Å². The predicted molar refractivity (Wildman–Crippen MR) is 68.3 cm³/mol. The molecule has 0 fully saturated rings. The zero-order valence-corrected chi connectivity index (χ0v) is 9.48. The second-order valence-electron chi connectivity index (χ2n) is 3.66. The van der Waals surface area contributed by atoms with Gasteiger partial charge in [-0.25, -0.2) is 0 Å². The van der Waals surface area contributed by atoms with Crippen LogP contribution in [0.5, 0.6) is 0 Å². The number of hydrogen-bond acceptors (Lipinski definition) is 2. The van der Waals surface area contributed by atoms with E-state index in [-0.39, 0.29) is 6.04 Å². The van der Waals surface area contributed by atoms with Crippen LogP contribution in [0.3, 0.4) is 0 Å². The van der Waals surface area contributed by atoms with E-state index in [1.54, 1.807) is 12.1 Å². The Balaban J connectivity index is 2.41. The van der Waals surface area contributed by atoms with E-state index in [1.165, 1.54) is 0 Å². The zero-order valence-electron chi connectivity index (χ0n) is 8.73. The average Bonchev–Trinajstić information content (AvgIpc) is 2.32. The molecular formula is C13H13ClN2. The van der Waals surface area contributed by atoms with Gasteiger partial charge in [0.25, 0.3) is 0 Å². The Morgan fingerprint density at radius 2 is 1.69 bits per heavy atom. The Morgan fingerprint density at radius 3 is 2.38 bits per heavy atom. The van der Waals surface area contributed by atoms with E-state index < -0.39 is 0 Å². The number of halogens is 1. The smallest absolute Gasteiger partial charge is 0.0572 e. The minimum Gasteiger partial charge on any atom is -0.398 e. The topological polar surface area (TPSA) is 52.0 Å². The molecule has 1 atom stereocenters. The minimum absolute atomic E-state index is 0.236. The van der Waals surface area contributed by atoms with Gasteiger partial charge in [-0.1, -0.05) is 41.9 Å². The molecule has 0 saturated heterocycles. The summed E-state index contributed by atoms with van der Waals surface area (Å²) < 4.78 is 0. The quantitative estimate of drug-likeness (QED) is 0.783. The second-order valence-corrected chi connectivity index (χ2v) is 4.10. The van der Waals surface area contributed by atoms with Crippen molar-refractivity contribution in [2.75, 3.05) is 5.73 Å². The Morgan fingerprint density at radius 1 is 1.00 bits per heavy atom. The van der Waals surface area contributed by atoms with Gasteiger partial charge in [0.2, 0.25) is 0 Å². The molecule has 0 bridgehead atoms. The van der Waals surface area contributed by atoms with Gasteiger partial charge >= 0.3 is 0 Å². The summed E-state index contributed by atoms with van der Waals surface area (Å²) in [6.07, 6.45) is 0. The molecule has 0 spiro atoms. The van der Waals surface area contributed by atoms with E-state index in [0.717, 1.165) is 11.1 Å². The molecule has 3 heteroatoms. The van der Waals surface area contributed by atoms with Gasteiger partial charge in [-0.2, -0.15) is 0 Å². The van der Waals surface area contributed by atoms with Gasteiger partial charge in [0.1, 0.15) is 0 Å². The van der Waals surface area contributed by atoms with Gasteiger partial charge in [-0.15, -0.1) is 0 Å². The number of benzene rings is 2. The van der Waals surface area contributed by atoms with Crippen molar-refractivity contribution >= 4 is 17.3 Å². The van der Waals surface area contributed by atoms with Crippen molar-refractivity contribution in [2.24, 2.45) is 5.73 Å². The van der Waals surface area contributed by atoms with E-state index >= 15 is 0 Å². The highest BCUT2D eigenvalue weighted by atomic mass is 35.5. The molecule has 2 rings (SSSR count). The van der Waals surface area contributed by atoms with Gasteiger partial charge in [-0.3, -0.25) is 0 Å². The highest BCUT2D eigenvalue weighted by molar-refractivity contribution is 6.30. The molecule has 0 radical (unpaired) electrons. The lowest BCUT2D eigenvalue weighted by Crippen LogP contribution is -2.13. The Labute approximate surface area is 99.8 Å². The molecular weight excluding hydrogens is 220 g/mol. The summed E-state index contributed by atoms with van der Waals surface area (Å²) in [6.45, 7) is 0. The number of nitrogen functional groups attached to an aromatic ring is 1. The molecule has 0 amide bonds. The number of rotatable bonds is 2. The third-order valence-electron chi connectivity index (χ3n) is 2.54. The van der Waals surface area contributed by atoms with E-state index in [1.807, 2.05) is 36.4 Å². The second kappa shape index (κ2) is 4.56. The number of hydrogen-bond donors (Lipinski definition) is 2. The first-order valence-electron chi connectivity index (χ1n) is 5.04. The predicted octanol–water partition coefficient (Wildman–Crippen LogP) is 2.97. The SMILES string of the molecule is Nc1ccc(Cl)cc1[C@@H](N)c1ccccc1. The molecule has 2 aromatic carbocycles. The van der Waals surface area contributed by atoms with Crippen LogP contribution in [-0.2, 0) is 0 Å². The van der Waals surface area contributed by atoms with Crippen LogP contribution in [0.1, 0.15) is 17.2 Å². The molecule has 0 aromatic heterocycles. The normalized spacial score (nSPS) is 12.4. The number of nitrogens with two attached hydrogens (primary N) is 2. The van der Waals surface area contributed by atoms with Gasteiger partial charge < -0.3 is 11.5 Å². The lowest BCUT2D eigenvalue weighted by Gasteiger charge is -2.15. The van der Waals surface area contributed by atoms with Crippen LogP contribution >= 0.6 is 11.6 Å². The third kappa shape index (κ3) is 2.18. The highest BCUT2D eigenvalue weighted by Gasteiger charge is 2.11. The van der Waals surface area contributed by atoms with E-state index in [4.69, 9.17) is 23.1 Å². The number of anilines is 1. The molecule has 0 heterocycles. The van der Waals surface area contributed by atoms with Crippen molar-refractivity contribution in [3.63, 3.8) is 0 Å². The molecule has 16 heavy (non-hydrogen) atoms. The molecule has 2 nitrogen and oxygen atoms in total. The molecule has 0 aliphatic carbocycles. The molecule has 4 N–H and O–H groups in total. The maximum absolute atomic E-state index is 6.15. The van der Waals surface area contributed by atoms with Crippen LogP contribution in [0.4, 0.5) is 5.69 Å². The fourth-order valence-corrected chi connectivity index (χ4v) is 1.84. The standard InChI is InChI=1S/C13H13ClN2/c14-10-6-7-12(15)11(8-10)13(16)9-4-2-1-3-5-9/h1-8,13H,15-16H2/t13-/m0/s1. The summed E-state index contributed by atoms with van der Waals surface area (Å²) in [6, 6.07) is 14.9. The zero-order chi connectivity index (χ0) is 11.5. The summed E-state index contributed by atoms with van der Waals surface area (Å²) in [5.74, 6) is 0. The summed E-state index contributed by atoms with van der Waals surface area (Å²) in [5.41, 5.74) is 14.6. The Hall–Kier alpha value is -1.51. The maximum Gasteiger partial charge on any atom is 0.0572 e. The lowest BCUT2D eigenvalue weighted by atomic mass is 9.98. The maximum atomic E-state index is 6.15. The first-order valence-corrected chi connectivity index (χ1v) is 5.42. The van der Waals surface area contributed by atoms with Crippen LogP contribution in [0.15, 0.2) is 48.5 Å². The van der Waals surface area contributed by atoms with Crippen molar-refractivity contribution in [1.82, 2.24) is 0 Å². The average molecular weight is 233 g/mol. The molecule has 0 unspecified atom stereocenters. The van der Waals surface area contributed by atoms with E-state index in [2.05, 4.69) is 0 Å². The highest BCUT2D eigenvalue weighted by Crippen LogP contribution is 2.27. The summed E-state index contributed by atoms with van der Waals surface area (Å²) in [4.78, 5) is 0. The van der Waals surface area contributed by atoms with Gasteiger partial charge in [0, 0.05) is 10.7 Å². The van der Waals surface area contributed by atoms with Crippen LogP contribution in [0.25, 0.3) is 0 Å². The first-order chi connectivity index (χ1) is 7.68. The molecule has 0 aliphatic heterocycles. The van der Waals surface area contributed by atoms with Crippen molar-refractivity contribution in [1.29, 1.82) is 0 Å². The van der Waals surface area contributed by atoms with Crippen LogP contribution < -0.4 is 11.5 Å². The Kier molecular flexibility index (Phi) is 3.13. The van der Waals surface area contributed by atoms with Crippen LogP contribution in [0.2, 0.25) is 5.02 Å². The van der Waals surface area contributed by atoms with Crippen molar-refractivity contribution in [3.8, 4) is 0 Å². The third-order valence-corrected chi connectivity index (χ3v) is 2.78. The molecule has 2 aromatic rings. The fraction of sp³-hybridized carbons (Fsp3) is 0.0769. The van der Waals surface area contributed by atoms with Crippen LogP contribution in [0, 0.1) is 0 Å². The Bertz CT molecular complexity index is 483. The van der Waals surface area contributed by atoms with E-state index in [0.29, 0.717) is 10.7 Å². The molecule has 82 valence electrons. The van der Waals surface area contributed by atoms with Gasteiger partial charge in [0.15, 0.2) is 0 Å². The largest absolute Gasteiger partial charge is 0.398 e. The van der Waals surface area contributed by atoms with Crippen molar-refractivity contribution < 1.29 is 0 Å². The lowest BCUT2D eigenvalue weighted by molar-refractivity contribution is 0.875. The molecule has 0 saturated carbocycles. The summed E-state index contributed by atoms with van der Waals surface area (Å²) in [7, 11) is 0. The molecule has 0 aliphatic rings.